The minimum Gasteiger partial charge on any atom is -0.492 e. The standard InChI is InChI=1S/C22H36N4O2/c1-23(2)18-20-6-4-5-11-26(20)22(27)19-7-9-21(10-8-19)28-17-16-25-14-12-24(3)13-15-25/h7-10,20H,4-6,11-18H2,1-3H3/t20-/m0/s1. The Morgan fingerprint density at radius 2 is 1.79 bits per heavy atom. The van der Waals surface area contributed by atoms with Crippen LogP contribution in [0.3, 0.4) is 0 Å². The van der Waals surface area contributed by atoms with Crippen LogP contribution in [0.2, 0.25) is 0 Å². The van der Waals surface area contributed by atoms with E-state index >= 15 is 0 Å². The fourth-order valence-corrected chi connectivity index (χ4v) is 4.10. The topological polar surface area (TPSA) is 39.3 Å². The van der Waals surface area contributed by atoms with Crippen LogP contribution in [0.25, 0.3) is 0 Å². The predicted octanol–water partition coefficient (Wildman–Crippen LogP) is 1.87. The summed E-state index contributed by atoms with van der Waals surface area (Å²) >= 11 is 0. The van der Waals surface area contributed by atoms with Gasteiger partial charge in [0.15, 0.2) is 0 Å². The SMILES string of the molecule is CN(C)C[C@@H]1CCCCN1C(=O)c1ccc(OCCN2CCN(C)CC2)cc1. The highest BCUT2D eigenvalue weighted by molar-refractivity contribution is 5.94. The van der Waals surface area contributed by atoms with Crippen molar-refractivity contribution in [2.75, 3.05) is 73.6 Å². The van der Waals surface area contributed by atoms with E-state index in [1.165, 1.54) is 6.42 Å². The molecule has 3 rings (SSSR count). The fourth-order valence-electron chi connectivity index (χ4n) is 4.10. The van der Waals surface area contributed by atoms with Crippen molar-refractivity contribution in [2.24, 2.45) is 0 Å². The van der Waals surface area contributed by atoms with Gasteiger partial charge in [0.2, 0.25) is 0 Å². The van der Waals surface area contributed by atoms with Crippen molar-refractivity contribution in [1.82, 2.24) is 19.6 Å². The molecule has 1 aromatic rings. The Labute approximate surface area is 170 Å². The first-order valence-corrected chi connectivity index (χ1v) is 10.6. The van der Waals surface area contributed by atoms with Crippen molar-refractivity contribution >= 4 is 5.91 Å². The van der Waals surface area contributed by atoms with E-state index in [1.807, 2.05) is 24.3 Å². The molecule has 1 atom stereocenters. The molecule has 0 aliphatic carbocycles. The first-order valence-electron chi connectivity index (χ1n) is 10.6. The number of nitrogens with zero attached hydrogens (tertiary/aromatic N) is 4. The third-order valence-corrected chi connectivity index (χ3v) is 5.84. The second-order valence-electron chi connectivity index (χ2n) is 8.43. The highest BCUT2D eigenvalue weighted by Crippen LogP contribution is 2.21. The molecular weight excluding hydrogens is 352 g/mol. The smallest absolute Gasteiger partial charge is 0.254 e. The molecular formula is C22H36N4O2. The number of piperazine rings is 1. The van der Waals surface area contributed by atoms with Gasteiger partial charge in [0.1, 0.15) is 12.4 Å². The first kappa shape index (κ1) is 21.1. The Bertz CT molecular complexity index is 611. The number of benzene rings is 1. The summed E-state index contributed by atoms with van der Waals surface area (Å²) in [6, 6.07) is 8.00. The van der Waals surface area contributed by atoms with Gasteiger partial charge in [-0.05, 0) is 64.7 Å². The van der Waals surface area contributed by atoms with Gasteiger partial charge in [-0.15, -0.1) is 0 Å². The molecule has 156 valence electrons. The Balaban J connectivity index is 1.49. The molecule has 28 heavy (non-hydrogen) atoms. The Morgan fingerprint density at radius 1 is 1.07 bits per heavy atom. The number of hydrogen-bond donors (Lipinski definition) is 0. The zero-order chi connectivity index (χ0) is 19.9. The average molecular weight is 389 g/mol. The minimum absolute atomic E-state index is 0.149. The van der Waals surface area contributed by atoms with Crippen molar-refractivity contribution in [2.45, 2.75) is 25.3 Å². The lowest BCUT2D eigenvalue weighted by Crippen LogP contribution is -2.48. The molecule has 0 unspecified atom stereocenters. The number of likely N-dealkylation sites (tertiary alicyclic amines) is 1. The van der Waals surface area contributed by atoms with Gasteiger partial charge in [-0.2, -0.15) is 0 Å². The van der Waals surface area contributed by atoms with Gasteiger partial charge in [-0.3, -0.25) is 9.69 Å². The Morgan fingerprint density at radius 3 is 2.46 bits per heavy atom. The van der Waals surface area contributed by atoms with Crippen molar-refractivity contribution in [3.8, 4) is 5.75 Å². The summed E-state index contributed by atoms with van der Waals surface area (Å²) in [5.41, 5.74) is 0.761. The van der Waals surface area contributed by atoms with E-state index in [0.29, 0.717) is 12.6 Å². The number of piperidine rings is 1. The summed E-state index contributed by atoms with van der Waals surface area (Å²) in [5, 5.41) is 0. The molecule has 2 aliphatic heterocycles. The molecule has 0 bridgehead atoms. The van der Waals surface area contributed by atoms with Crippen LogP contribution in [0.15, 0.2) is 24.3 Å². The zero-order valence-electron chi connectivity index (χ0n) is 17.8. The Hall–Kier alpha value is -1.63. The van der Waals surface area contributed by atoms with E-state index in [9.17, 15) is 4.79 Å². The number of hydrogen-bond acceptors (Lipinski definition) is 5. The van der Waals surface area contributed by atoms with Gasteiger partial charge in [0, 0.05) is 57.4 Å². The number of amides is 1. The van der Waals surface area contributed by atoms with E-state index in [-0.39, 0.29) is 5.91 Å². The summed E-state index contributed by atoms with van der Waals surface area (Å²) in [4.78, 5) is 22.0. The van der Waals surface area contributed by atoms with Gasteiger partial charge in [-0.25, -0.2) is 0 Å². The summed E-state index contributed by atoms with van der Waals surface area (Å²) in [6.07, 6.45) is 3.41. The van der Waals surface area contributed by atoms with Crippen LogP contribution in [0, 0.1) is 0 Å². The maximum Gasteiger partial charge on any atom is 0.254 e. The van der Waals surface area contributed by atoms with Gasteiger partial charge in [0.05, 0.1) is 0 Å². The van der Waals surface area contributed by atoms with Crippen LogP contribution < -0.4 is 4.74 Å². The molecule has 2 saturated heterocycles. The van der Waals surface area contributed by atoms with Crippen LogP contribution >= 0.6 is 0 Å². The molecule has 2 heterocycles. The molecule has 0 spiro atoms. The molecule has 2 aliphatic rings. The van der Waals surface area contributed by atoms with Gasteiger partial charge in [0.25, 0.3) is 5.91 Å². The highest BCUT2D eigenvalue weighted by atomic mass is 16.5. The number of carbonyl (C=O) groups is 1. The number of carbonyl (C=O) groups excluding carboxylic acids is 1. The molecule has 1 amide bonds. The first-order chi connectivity index (χ1) is 13.5. The lowest BCUT2D eigenvalue weighted by atomic mass is 10.0. The average Bonchev–Trinajstić information content (AvgIpc) is 2.69. The van der Waals surface area contributed by atoms with Crippen molar-refractivity contribution in [3.05, 3.63) is 29.8 Å². The highest BCUT2D eigenvalue weighted by Gasteiger charge is 2.27. The lowest BCUT2D eigenvalue weighted by Gasteiger charge is -2.37. The van der Waals surface area contributed by atoms with E-state index in [4.69, 9.17) is 4.74 Å². The minimum atomic E-state index is 0.149. The van der Waals surface area contributed by atoms with E-state index in [2.05, 4.69) is 40.7 Å². The van der Waals surface area contributed by atoms with Crippen molar-refractivity contribution in [3.63, 3.8) is 0 Å². The molecule has 0 radical (unpaired) electrons. The molecule has 0 N–H and O–H groups in total. The molecule has 2 fully saturated rings. The molecule has 6 nitrogen and oxygen atoms in total. The molecule has 0 aromatic heterocycles. The third kappa shape index (κ3) is 5.93. The molecule has 6 heteroatoms. The van der Waals surface area contributed by atoms with E-state index in [0.717, 1.165) is 70.0 Å². The lowest BCUT2D eigenvalue weighted by molar-refractivity contribution is 0.0574. The second-order valence-corrected chi connectivity index (χ2v) is 8.43. The fraction of sp³-hybridized carbons (Fsp3) is 0.682. The normalized spacial score (nSPS) is 21.9. The third-order valence-electron chi connectivity index (χ3n) is 5.84. The largest absolute Gasteiger partial charge is 0.492 e. The summed E-state index contributed by atoms with van der Waals surface area (Å²) in [5.74, 6) is 0.990. The van der Waals surface area contributed by atoms with Gasteiger partial charge < -0.3 is 19.4 Å². The number of ether oxygens (including phenoxy) is 1. The van der Waals surface area contributed by atoms with Crippen LogP contribution in [-0.4, -0.2) is 105 Å². The van der Waals surface area contributed by atoms with Gasteiger partial charge in [-0.1, -0.05) is 0 Å². The summed E-state index contributed by atoms with van der Waals surface area (Å²) < 4.78 is 5.90. The molecule has 0 saturated carbocycles. The number of rotatable bonds is 7. The van der Waals surface area contributed by atoms with E-state index < -0.39 is 0 Å². The van der Waals surface area contributed by atoms with E-state index in [1.54, 1.807) is 0 Å². The maximum atomic E-state index is 13.0. The summed E-state index contributed by atoms with van der Waals surface area (Å²) in [6.45, 7) is 7.90. The second kappa shape index (κ2) is 10.2. The van der Waals surface area contributed by atoms with Crippen LogP contribution in [-0.2, 0) is 0 Å². The van der Waals surface area contributed by atoms with Crippen LogP contribution in [0.1, 0.15) is 29.6 Å². The summed E-state index contributed by atoms with van der Waals surface area (Å²) in [7, 11) is 6.32. The van der Waals surface area contributed by atoms with Crippen LogP contribution in [0.4, 0.5) is 0 Å². The number of likely N-dealkylation sites (N-methyl/N-ethyl adjacent to an activating group) is 2. The molecule has 1 aromatic carbocycles. The quantitative estimate of drug-likeness (QED) is 0.713. The predicted molar refractivity (Wildman–Crippen MR) is 113 cm³/mol. The maximum absolute atomic E-state index is 13.0. The Kier molecular flexibility index (Phi) is 7.71. The zero-order valence-corrected chi connectivity index (χ0v) is 17.8. The van der Waals surface area contributed by atoms with Crippen molar-refractivity contribution in [1.29, 1.82) is 0 Å². The van der Waals surface area contributed by atoms with Gasteiger partial charge >= 0.3 is 0 Å². The van der Waals surface area contributed by atoms with Crippen molar-refractivity contribution < 1.29 is 9.53 Å². The monoisotopic (exact) mass is 388 g/mol. The van der Waals surface area contributed by atoms with Crippen LogP contribution in [0.5, 0.6) is 5.75 Å².